The van der Waals surface area contributed by atoms with Crippen molar-refractivity contribution in [3.63, 3.8) is 0 Å². The summed E-state index contributed by atoms with van der Waals surface area (Å²) in [6.07, 6.45) is 1.94. The van der Waals surface area contributed by atoms with Crippen molar-refractivity contribution < 1.29 is 23.1 Å². The van der Waals surface area contributed by atoms with Gasteiger partial charge in [0.2, 0.25) is 0 Å². The maximum absolute atomic E-state index is 12.6. The number of hydrogen-bond acceptors (Lipinski definition) is 5. The van der Waals surface area contributed by atoms with Crippen LogP contribution >= 0.6 is 7.60 Å². The van der Waals surface area contributed by atoms with Gasteiger partial charge in [-0.2, -0.15) is 0 Å². The Morgan fingerprint density at radius 3 is 2.23 bits per heavy atom. The molecule has 0 fully saturated rings. The van der Waals surface area contributed by atoms with Gasteiger partial charge in [0, 0.05) is 7.11 Å². The summed E-state index contributed by atoms with van der Waals surface area (Å²) in [5.41, 5.74) is 4.03. The predicted octanol–water partition coefficient (Wildman–Crippen LogP) is 3.68. The molecule has 0 saturated heterocycles. The van der Waals surface area contributed by atoms with Crippen molar-refractivity contribution in [2.24, 2.45) is 0 Å². The van der Waals surface area contributed by atoms with E-state index in [0.29, 0.717) is 19.8 Å². The Balaban J connectivity index is 5.07. The van der Waals surface area contributed by atoms with E-state index in [4.69, 9.17) is 18.5 Å². The Kier molecular flexibility index (Phi) is 11.0. The Hall–Kier alpha value is -0.413. The molecule has 0 saturated carbocycles. The van der Waals surface area contributed by atoms with E-state index in [1.165, 1.54) is 0 Å². The Labute approximate surface area is 135 Å². The van der Waals surface area contributed by atoms with Crippen molar-refractivity contribution in [1.29, 1.82) is 0 Å². The van der Waals surface area contributed by atoms with Gasteiger partial charge in [0.15, 0.2) is 0 Å². The fourth-order valence-corrected chi connectivity index (χ4v) is 3.74. The first-order chi connectivity index (χ1) is 10.3. The highest BCUT2D eigenvalue weighted by atomic mass is 31.2. The van der Waals surface area contributed by atoms with Crippen molar-refractivity contribution in [1.82, 2.24) is 0 Å². The molecular weight excluding hydrogens is 319 g/mol. The van der Waals surface area contributed by atoms with Gasteiger partial charge in [-0.15, -0.1) is 5.54 Å². The molecule has 0 heterocycles. The van der Waals surface area contributed by atoms with Crippen molar-refractivity contribution in [2.45, 2.75) is 33.5 Å². The molecule has 0 N–H and O–H groups in total. The van der Waals surface area contributed by atoms with Gasteiger partial charge in [0.25, 0.3) is 0 Å². The topological polar surface area (TPSA) is 54.0 Å². The molecular formula is C15H29O5PSi. The van der Waals surface area contributed by atoms with Crippen molar-refractivity contribution in [2.75, 3.05) is 39.9 Å². The van der Waals surface area contributed by atoms with Crippen LogP contribution in [0.15, 0.2) is 11.6 Å². The highest BCUT2D eigenvalue weighted by molar-refractivity contribution is 7.54. The van der Waals surface area contributed by atoms with Crippen molar-refractivity contribution in [3.05, 3.63) is 11.6 Å². The summed E-state index contributed by atoms with van der Waals surface area (Å²) in [6.45, 7) is 11.2. The van der Waals surface area contributed by atoms with Crippen LogP contribution in [0, 0.1) is 11.5 Å². The van der Waals surface area contributed by atoms with Gasteiger partial charge in [-0.05, 0) is 25.5 Å². The highest BCUT2D eigenvalue weighted by Crippen LogP contribution is 2.49. The van der Waals surface area contributed by atoms with Crippen LogP contribution in [0.5, 0.6) is 0 Å². The van der Waals surface area contributed by atoms with Crippen molar-refractivity contribution in [3.8, 4) is 11.5 Å². The summed E-state index contributed by atoms with van der Waals surface area (Å²) in [5, 5.41) is 0. The molecule has 5 nitrogen and oxygen atoms in total. The van der Waals surface area contributed by atoms with Gasteiger partial charge in [-0.1, -0.05) is 25.6 Å². The first-order valence-electron chi connectivity index (χ1n) is 7.41. The van der Waals surface area contributed by atoms with E-state index in [9.17, 15) is 4.57 Å². The predicted molar refractivity (Wildman–Crippen MR) is 92.8 cm³/mol. The van der Waals surface area contributed by atoms with Gasteiger partial charge >= 0.3 is 7.60 Å². The zero-order valence-electron chi connectivity index (χ0n) is 14.6. The van der Waals surface area contributed by atoms with E-state index >= 15 is 0 Å². The minimum atomic E-state index is -3.15. The van der Waals surface area contributed by atoms with E-state index < -0.39 is 15.7 Å². The monoisotopic (exact) mass is 348 g/mol. The molecule has 0 rings (SSSR count). The molecule has 0 unspecified atom stereocenters. The van der Waals surface area contributed by atoms with Crippen LogP contribution in [-0.2, 0) is 23.1 Å². The van der Waals surface area contributed by atoms with Crippen LogP contribution in [-0.4, -0.2) is 48.0 Å². The quantitative estimate of drug-likeness (QED) is 0.198. The fraction of sp³-hybridized carbons (Fsp3) is 0.733. The number of hydrogen-bond donors (Lipinski definition) is 0. The van der Waals surface area contributed by atoms with E-state index in [-0.39, 0.29) is 13.0 Å². The summed E-state index contributed by atoms with van der Waals surface area (Å²) >= 11 is 0. The zero-order chi connectivity index (χ0) is 17.1. The maximum atomic E-state index is 12.6. The SMILES string of the molecule is CCOP(=O)(C/C(=C/C#C[Si](C)(C)C)COCOC)OCC. The third-order valence-corrected chi connectivity index (χ3v) is 5.25. The summed E-state index contributed by atoms with van der Waals surface area (Å²) < 4.78 is 33.5. The second-order valence-electron chi connectivity index (χ2n) is 5.68. The Bertz CT molecular complexity index is 435. The summed E-state index contributed by atoms with van der Waals surface area (Å²) in [4.78, 5) is 0. The fourth-order valence-electron chi connectivity index (χ4n) is 1.51. The highest BCUT2D eigenvalue weighted by Gasteiger charge is 2.25. The molecule has 0 amide bonds. The van der Waals surface area contributed by atoms with E-state index in [1.54, 1.807) is 27.0 Å². The van der Waals surface area contributed by atoms with Crippen LogP contribution in [0.2, 0.25) is 19.6 Å². The zero-order valence-corrected chi connectivity index (χ0v) is 16.5. The molecule has 0 atom stereocenters. The molecule has 0 bridgehead atoms. The second-order valence-corrected chi connectivity index (χ2v) is 12.5. The van der Waals surface area contributed by atoms with Crippen LogP contribution in [0.4, 0.5) is 0 Å². The molecule has 128 valence electrons. The Morgan fingerprint density at radius 2 is 1.77 bits per heavy atom. The number of rotatable bonds is 10. The van der Waals surface area contributed by atoms with Gasteiger partial charge in [0.05, 0.1) is 26.0 Å². The first kappa shape index (κ1) is 21.6. The lowest BCUT2D eigenvalue weighted by Gasteiger charge is -2.18. The van der Waals surface area contributed by atoms with Gasteiger partial charge < -0.3 is 18.5 Å². The normalized spacial score (nSPS) is 12.9. The largest absolute Gasteiger partial charge is 0.359 e. The van der Waals surface area contributed by atoms with Crippen LogP contribution in [0.1, 0.15) is 13.8 Å². The van der Waals surface area contributed by atoms with Crippen LogP contribution < -0.4 is 0 Å². The summed E-state index contributed by atoms with van der Waals surface area (Å²) in [7, 11) is -3.05. The summed E-state index contributed by atoms with van der Waals surface area (Å²) in [5.74, 6) is 3.06. The smallest absolute Gasteiger partial charge is 0.334 e. The summed E-state index contributed by atoms with van der Waals surface area (Å²) in [6, 6.07) is 0. The van der Waals surface area contributed by atoms with E-state index in [1.807, 2.05) is 0 Å². The molecule has 0 aliphatic carbocycles. The Morgan fingerprint density at radius 1 is 1.18 bits per heavy atom. The minimum Gasteiger partial charge on any atom is -0.359 e. The lowest BCUT2D eigenvalue weighted by Crippen LogP contribution is -2.16. The lowest BCUT2D eigenvalue weighted by molar-refractivity contribution is -0.0211. The molecule has 0 aromatic heterocycles. The van der Waals surface area contributed by atoms with Gasteiger partial charge in [-0.25, -0.2) is 0 Å². The number of allylic oxidation sites excluding steroid dienone is 1. The average molecular weight is 348 g/mol. The first-order valence-corrected chi connectivity index (χ1v) is 12.6. The molecule has 0 aromatic rings. The van der Waals surface area contributed by atoms with Gasteiger partial charge in [0.1, 0.15) is 14.9 Å². The molecule has 0 spiro atoms. The number of methoxy groups -OCH3 is 1. The molecule has 0 radical (unpaired) electrons. The molecule has 0 aromatic carbocycles. The molecule has 0 aliphatic heterocycles. The van der Waals surface area contributed by atoms with Crippen LogP contribution in [0.3, 0.4) is 0 Å². The van der Waals surface area contributed by atoms with Crippen LogP contribution in [0.25, 0.3) is 0 Å². The van der Waals surface area contributed by atoms with Crippen molar-refractivity contribution >= 4 is 15.7 Å². The van der Waals surface area contributed by atoms with E-state index in [2.05, 4.69) is 31.1 Å². The second kappa shape index (κ2) is 11.2. The third-order valence-electron chi connectivity index (χ3n) is 2.26. The standard InChI is InChI=1S/C15H29O5PSi/c1-7-19-21(16,20-8-2)13-15(12-18-14-17-3)10-9-11-22(4,5)6/h10H,7-8,12-14H2,1-6H3/b15-10+. The molecule has 22 heavy (non-hydrogen) atoms. The maximum Gasteiger partial charge on any atom is 0.334 e. The third kappa shape index (κ3) is 11.2. The minimum absolute atomic E-state index is 0.173. The lowest BCUT2D eigenvalue weighted by atomic mass is 10.3. The molecule has 0 aliphatic rings. The number of ether oxygens (including phenoxy) is 2. The van der Waals surface area contributed by atoms with E-state index in [0.717, 1.165) is 5.57 Å². The molecule has 7 heteroatoms. The average Bonchev–Trinajstić information content (AvgIpc) is 2.37. The van der Waals surface area contributed by atoms with Gasteiger partial charge in [-0.3, -0.25) is 4.57 Å².